The molecule has 0 aliphatic heterocycles. The number of carbonyl (C=O) groups is 1. The van der Waals surface area contributed by atoms with E-state index in [0.29, 0.717) is 0 Å². The fourth-order valence-corrected chi connectivity index (χ4v) is 1.33. The highest BCUT2D eigenvalue weighted by atomic mass is 127. The van der Waals surface area contributed by atoms with Gasteiger partial charge in [0.1, 0.15) is 0 Å². The van der Waals surface area contributed by atoms with Gasteiger partial charge in [-0.2, -0.15) is 0 Å². The van der Waals surface area contributed by atoms with E-state index in [4.69, 9.17) is 0 Å². The molecule has 0 bridgehead atoms. The molecule has 0 aromatic heterocycles. The Morgan fingerprint density at radius 1 is 0.923 bits per heavy atom. The van der Waals surface area contributed by atoms with Gasteiger partial charge in [0.25, 0.3) is 0 Å². The molecule has 0 saturated heterocycles. The Morgan fingerprint density at radius 3 is 1.85 bits per heavy atom. The van der Waals surface area contributed by atoms with Gasteiger partial charge in [0, 0.05) is 0 Å². The highest BCUT2D eigenvalue weighted by molar-refractivity contribution is 14.1. The molecule has 6 heteroatoms. The van der Waals surface area contributed by atoms with Gasteiger partial charge in [-0.05, 0) is 22.6 Å². The summed E-state index contributed by atoms with van der Waals surface area (Å²) in [4.78, 5) is 10.2. The highest BCUT2D eigenvalue weighted by Gasteiger charge is 2.23. The average molecular weight is 304 g/mol. The lowest BCUT2D eigenvalue weighted by Gasteiger charge is -2.02. The van der Waals surface area contributed by atoms with E-state index in [9.17, 15) is 22.4 Å². The van der Waals surface area contributed by atoms with Crippen LogP contribution in [0.15, 0.2) is 0 Å². The lowest BCUT2D eigenvalue weighted by Crippen LogP contribution is -2.05. The summed E-state index contributed by atoms with van der Waals surface area (Å²) in [5, 5.41) is 0. The van der Waals surface area contributed by atoms with Crippen molar-refractivity contribution in [2.45, 2.75) is 0 Å². The van der Waals surface area contributed by atoms with Crippen molar-refractivity contribution in [3.8, 4) is 0 Å². The summed E-state index contributed by atoms with van der Waals surface area (Å²) in [5.41, 5.74) is -0.808. The molecule has 0 aliphatic rings. The zero-order chi connectivity index (χ0) is 10.2. The zero-order valence-corrected chi connectivity index (χ0v) is 8.03. The minimum atomic E-state index is -1.97. The van der Waals surface area contributed by atoms with E-state index < -0.39 is 32.4 Å². The van der Waals surface area contributed by atoms with Crippen LogP contribution in [0.3, 0.4) is 0 Å². The molecule has 0 saturated carbocycles. The van der Waals surface area contributed by atoms with Crippen LogP contribution < -0.4 is 0 Å². The third kappa shape index (κ3) is 1.54. The van der Waals surface area contributed by atoms with Crippen LogP contribution in [-0.2, 0) is 0 Å². The molecule has 1 nitrogen and oxygen atoms in total. The zero-order valence-electron chi connectivity index (χ0n) is 5.88. The maximum Gasteiger partial charge on any atom is 0.198 e. The molecule has 13 heavy (non-hydrogen) atoms. The predicted octanol–water partition coefficient (Wildman–Crippen LogP) is 2.66. The van der Waals surface area contributed by atoms with Crippen molar-refractivity contribution in [1.82, 2.24) is 0 Å². The van der Waals surface area contributed by atoms with E-state index in [1.165, 1.54) is 22.6 Å². The number of aldehydes is 1. The molecule has 0 aliphatic carbocycles. The van der Waals surface area contributed by atoms with Crippen LogP contribution >= 0.6 is 22.6 Å². The Balaban J connectivity index is 3.66. The number of benzene rings is 1. The Labute approximate surface area is 83.9 Å². The molecule has 70 valence electrons. The van der Waals surface area contributed by atoms with E-state index >= 15 is 0 Å². The van der Waals surface area contributed by atoms with Crippen LogP contribution in [0.1, 0.15) is 10.4 Å². The van der Waals surface area contributed by atoms with Crippen LogP contribution in [-0.4, -0.2) is 6.29 Å². The van der Waals surface area contributed by atoms with Crippen molar-refractivity contribution >= 4 is 28.9 Å². The van der Waals surface area contributed by atoms with Gasteiger partial charge < -0.3 is 0 Å². The Morgan fingerprint density at radius 2 is 1.38 bits per heavy atom. The maximum absolute atomic E-state index is 12.7. The predicted molar refractivity (Wildman–Crippen MR) is 44.4 cm³/mol. The average Bonchev–Trinajstić information content (AvgIpc) is 2.13. The topological polar surface area (TPSA) is 17.1 Å². The normalized spacial score (nSPS) is 10.2. The van der Waals surface area contributed by atoms with Crippen molar-refractivity contribution in [3.05, 3.63) is 32.4 Å². The molecule has 0 fully saturated rings. The van der Waals surface area contributed by atoms with E-state index in [1.807, 2.05) is 0 Å². The number of carbonyl (C=O) groups excluding carboxylic acids is 1. The van der Waals surface area contributed by atoms with Crippen molar-refractivity contribution in [3.63, 3.8) is 0 Å². The van der Waals surface area contributed by atoms with Crippen LogP contribution in [0.5, 0.6) is 0 Å². The van der Waals surface area contributed by atoms with Crippen LogP contribution in [0.25, 0.3) is 0 Å². The second kappa shape index (κ2) is 3.60. The summed E-state index contributed by atoms with van der Waals surface area (Å²) in [6.45, 7) is 0. The first-order chi connectivity index (χ1) is 6.00. The summed E-state index contributed by atoms with van der Waals surface area (Å²) in [6, 6.07) is 0. The van der Waals surface area contributed by atoms with Gasteiger partial charge >= 0.3 is 0 Å². The summed E-state index contributed by atoms with van der Waals surface area (Å²) < 4.78 is 49.7. The minimum Gasteiger partial charge on any atom is -0.298 e. The Bertz CT molecular complexity index is 348. The van der Waals surface area contributed by atoms with Gasteiger partial charge in [0.15, 0.2) is 29.6 Å². The van der Waals surface area contributed by atoms with Crippen molar-refractivity contribution < 1.29 is 22.4 Å². The Kier molecular flexibility index (Phi) is 2.89. The smallest absolute Gasteiger partial charge is 0.198 e. The standard InChI is InChI=1S/C7HF4IO/c8-3-2(1-13)7(12)6(11)5(10)4(3)9/h1H. The molecule has 0 heterocycles. The van der Waals surface area contributed by atoms with Gasteiger partial charge in [0.2, 0.25) is 0 Å². The largest absolute Gasteiger partial charge is 0.298 e. The van der Waals surface area contributed by atoms with Crippen LogP contribution in [0, 0.1) is 26.8 Å². The molecular formula is C7HF4IO. The summed E-state index contributed by atoms with van der Waals surface area (Å²) in [7, 11) is 0. The van der Waals surface area contributed by atoms with Crippen molar-refractivity contribution in [2.75, 3.05) is 0 Å². The quantitative estimate of drug-likeness (QED) is 0.256. The number of hydrogen-bond acceptors (Lipinski definition) is 1. The second-order valence-electron chi connectivity index (χ2n) is 2.10. The van der Waals surface area contributed by atoms with Gasteiger partial charge in [-0.25, -0.2) is 17.6 Å². The van der Waals surface area contributed by atoms with Crippen LogP contribution in [0.4, 0.5) is 17.6 Å². The van der Waals surface area contributed by atoms with E-state index in [0.717, 1.165) is 0 Å². The summed E-state index contributed by atoms with van der Waals surface area (Å²) in [5.74, 6) is -7.10. The van der Waals surface area contributed by atoms with Gasteiger partial charge in [0.05, 0.1) is 9.13 Å². The summed E-state index contributed by atoms with van der Waals surface area (Å²) >= 11 is 1.22. The van der Waals surface area contributed by atoms with E-state index in [2.05, 4.69) is 0 Å². The lowest BCUT2D eigenvalue weighted by atomic mass is 10.2. The lowest BCUT2D eigenvalue weighted by molar-refractivity contribution is 0.111. The van der Waals surface area contributed by atoms with Gasteiger partial charge in [-0.3, -0.25) is 4.79 Å². The van der Waals surface area contributed by atoms with E-state index in [-0.39, 0.29) is 6.29 Å². The summed E-state index contributed by atoms with van der Waals surface area (Å²) in [6.07, 6.45) is -0.0668. The molecule has 1 aromatic rings. The van der Waals surface area contributed by atoms with E-state index in [1.54, 1.807) is 0 Å². The molecular weight excluding hydrogens is 303 g/mol. The first kappa shape index (κ1) is 10.4. The molecule has 0 atom stereocenters. The maximum atomic E-state index is 12.7. The monoisotopic (exact) mass is 304 g/mol. The molecule has 1 rings (SSSR count). The first-order valence-electron chi connectivity index (χ1n) is 2.97. The van der Waals surface area contributed by atoms with Crippen molar-refractivity contribution in [1.29, 1.82) is 0 Å². The van der Waals surface area contributed by atoms with Gasteiger partial charge in [-0.15, -0.1) is 0 Å². The molecule has 0 unspecified atom stereocenters. The number of hydrogen-bond donors (Lipinski definition) is 0. The third-order valence-corrected chi connectivity index (χ3v) is 2.42. The Hall–Kier alpha value is -0.660. The first-order valence-corrected chi connectivity index (χ1v) is 4.05. The molecule has 0 spiro atoms. The van der Waals surface area contributed by atoms with Gasteiger partial charge in [-0.1, -0.05) is 0 Å². The SMILES string of the molecule is O=Cc1c(F)c(F)c(F)c(F)c1I. The molecule has 0 N–H and O–H groups in total. The molecule has 0 radical (unpaired) electrons. The molecule has 0 amide bonds. The van der Waals surface area contributed by atoms with Crippen LogP contribution in [0.2, 0.25) is 0 Å². The fourth-order valence-electron chi connectivity index (χ4n) is 0.725. The molecule has 1 aromatic carbocycles. The van der Waals surface area contributed by atoms with Crippen molar-refractivity contribution in [2.24, 2.45) is 0 Å². The number of rotatable bonds is 1. The fraction of sp³-hybridized carbons (Fsp3) is 0. The second-order valence-corrected chi connectivity index (χ2v) is 3.18. The third-order valence-electron chi connectivity index (χ3n) is 1.36. The minimum absolute atomic E-state index is 0.0668. The highest BCUT2D eigenvalue weighted by Crippen LogP contribution is 2.23. The number of halogens is 5.